The first-order valence-electron chi connectivity index (χ1n) is 13.8. The summed E-state index contributed by atoms with van der Waals surface area (Å²) in [6, 6.07) is 7.45. The topological polar surface area (TPSA) is 120 Å². The van der Waals surface area contributed by atoms with Crippen LogP contribution >= 0.6 is 0 Å². The molecule has 206 valence electrons. The van der Waals surface area contributed by atoms with Gasteiger partial charge in [0.1, 0.15) is 17.3 Å². The predicted octanol–water partition coefficient (Wildman–Crippen LogP) is 5.00. The lowest BCUT2D eigenvalue weighted by molar-refractivity contribution is 0.0925. The van der Waals surface area contributed by atoms with Gasteiger partial charge in [-0.25, -0.2) is 5.10 Å². The number of carbonyl (C=O) groups excluding carboxylic acids is 1. The smallest absolute Gasteiger partial charge is 0.272 e. The van der Waals surface area contributed by atoms with Gasteiger partial charge in [0.15, 0.2) is 5.69 Å². The fourth-order valence-corrected chi connectivity index (χ4v) is 5.28. The number of benzene rings is 1. The van der Waals surface area contributed by atoms with Gasteiger partial charge in [0.05, 0.1) is 31.5 Å². The number of hydrogen-bond donors (Lipinski definition) is 2. The van der Waals surface area contributed by atoms with E-state index in [0.717, 1.165) is 24.1 Å². The Morgan fingerprint density at radius 3 is 2.45 bits per heavy atom. The fraction of sp³-hybridized carbons (Fsp3) is 0.607. The summed E-state index contributed by atoms with van der Waals surface area (Å²) in [7, 11) is 3.27. The molecule has 1 aliphatic rings. The summed E-state index contributed by atoms with van der Waals surface area (Å²) in [6.45, 7) is 6.39. The number of H-pyrrole nitrogens is 1. The van der Waals surface area contributed by atoms with Gasteiger partial charge >= 0.3 is 0 Å². The summed E-state index contributed by atoms with van der Waals surface area (Å²) >= 11 is 0. The second kappa shape index (κ2) is 12.9. The molecule has 1 aromatic carbocycles. The quantitative estimate of drug-likeness (QED) is 0.343. The Kier molecular flexibility index (Phi) is 9.36. The molecule has 38 heavy (non-hydrogen) atoms. The number of aromatic amines is 1. The Morgan fingerprint density at radius 1 is 1.13 bits per heavy atom. The molecule has 1 saturated carbocycles. The number of tetrazole rings is 1. The van der Waals surface area contributed by atoms with Gasteiger partial charge in [-0.15, -0.1) is 5.10 Å². The minimum absolute atomic E-state index is 0.0449. The monoisotopic (exact) mass is 523 g/mol. The third-order valence-corrected chi connectivity index (χ3v) is 7.82. The molecule has 4 rings (SSSR count). The molecule has 1 amide bonds. The number of carbonyl (C=O) groups is 1. The molecule has 2 atom stereocenters. The second-order valence-electron chi connectivity index (χ2n) is 10.7. The molecule has 0 saturated heterocycles. The van der Waals surface area contributed by atoms with Crippen molar-refractivity contribution < 1.29 is 14.3 Å². The van der Waals surface area contributed by atoms with Crippen LogP contribution in [-0.2, 0) is 6.42 Å². The highest BCUT2D eigenvalue weighted by Gasteiger charge is 2.26. The molecule has 10 heteroatoms. The number of methoxy groups -OCH3 is 2. The van der Waals surface area contributed by atoms with Crippen molar-refractivity contribution in [3.63, 3.8) is 0 Å². The van der Waals surface area contributed by atoms with Crippen molar-refractivity contribution in [2.45, 2.75) is 84.2 Å². The molecule has 0 spiro atoms. The van der Waals surface area contributed by atoms with Crippen molar-refractivity contribution in [2.24, 2.45) is 11.8 Å². The lowest BCUT2D eigenvalue weighted by atomic mass is 9.85. The lowest BCUT2D eigenvalue weighted by Gasteiger charge is -2.24. The number of aromatic nitrogens is 6. The van der Waals surface area contributed by atoms with E-state index in [9.17, 15) is 4.79 Å². The molecule has 0 radical (unpaired) electrons. The van der Waals surface area contributed by atoms with Crippen LogP contribution in [0.4, 0.5) is 0 Å². The van der Waals surface area contributed by atoms with E-state index >= 15 is 0 Å². The van der Waals surface area contributed by atoms with Crippen LogP contribution in [0.1, 0.15) is 88.1 Å². The summed E-state index contributed by atoms with van der Waals surface area (Å²) in [5.74, 6) is 2.79. The SMILES string of the molecule is COc1cccc(OC)c1-c1cc(C(=O)N[C@@H](CCC2CCCCC2)Cc2nnn[nH]2)nn1C(C)C(C)C. The van der Waals surface area contributed by atoms with Crippen LogP contribution < -0.4 is 14.8 Å². The first-order valence-corrected chi connectivity index (χ1v) is 13.8. The Hall–Kier alpha value is -3.43. The van der Waals surface area contributed by atoms with E-state index in [1.807, 2.05) is 28.9 Å². The predicted molar refractivity (Wildman–Crippen MR) is 145 cm³/mol. The lowest BCUT2D eigenvalue weighted by Crippen LogP contribution is -2.37. The van der Waals surface area contributed by atoms with E-state index in [1.54, 1.807) is 14.2 Å². The highest BCUT2D eigenvalue weighted by atomic mass is 16.5. The summed E-state index contributed by atoms with van der Waals surface area (Å²) in [4.78, 5) is 13.6. The Bertz CT molecular complexity index is 1150. The molecular formula is C28H41N7O3. The van der Waals surface area contributed by atoms with Gasteiger partial charge in [-0.3, -0.25) is 9.48 Å². The largest absolute Gasteiger partial charge is 0.496 e. The molecule has 1 aliphatic carbocycles. The Balaban J connectivity index is 1.62. The van der Waals surface area contributed by atoms with Crippen LogP contribution in [0.5, 0.6) is 11.5 Å². The molecule has 0 aliphatic heterocycles. The zero-order valence-corrected chi connectivity index (χ0v) is 23.2. The first kappa shape index (κ1) is 27.6. The number of ether oxygens (including phenoxy) is 2. The van der Waals surface area contributed by atoms with Gasteiger partial charge in [0.25, 0.3) is 5.91 Å². The van der Waals surface area contributed by atoms with Gasteiger partial charge in [-0.05, 0) is 60.2 Å². The van der Waals surface area contributed by atoms with Crippen molar-refractivity contribution in [2.75, 3.05) is 14.2 Å². The number of amides is 1. The third-order valence-electron chi connectivity index (χ3n) is 7.82. The molecule has 1 unspecified atom stereocenters. The average molecular weight is 524 g/mol. The highest BCUT2D eigenvalue weighted by Crippen LogP contribution is 2.40. The number of rotatable bonds is 12. The van der Waals surface area contributed by atoms with Gasteiger partial charge in [0.2, 0.25) is 0 Å². The molecule has 2 aromatic heterocycles. The van der Waals surface area contributed by atoms with E-state index in [-0.39, 0.29) is 18.0 Å². The molecule has 10 nitrogen and oxygen atoms in total. The summed E-state index contributed by atoms with van der Waals surface area (Å²) in [5, 5.41) is 22.3. The Labute approximate surface area is 224 Å². The van der Waals surface area contributed by atoms with Crippen LogP contribution in [0, 0.1) is 11.8 Å². The molecule has 1 fully saturated rings. The second-order valence-corrected chi connectivity index (χ2v) is 10.7. The van der Waals surface area contributed by atoms with E-state index < -0.39 is 0 Å². The average Bonchev–Trinajstić information content (AvgIpc) is 3.61. The highest BCUT2D eigenvalue weighted by molar-refractivity contribution is 5.94. The van der Waals surface area contributed by atoms with E-state index in [2.05, 4.69) is 46.7 Å². The van der Waals surface area contributed by atoms with Crippen LogP contribution in [0.2, 0.25) is 0 Å². The van der Waals surface area contributed by atoms with Crippen LogP contribution in [0.15, 0.2) is 24.3 Å². The first-order chi connectivity index (χ1) is 18.4. The van der Waals surface area contributed by atoms with E-state index in [0.29, 0.717) is 41.3 Å². The normalized spacial score (nSPS) is 15.8. The van der Waals surface area contributed by atoms with Crippen molar-refractivity contribution in [1.82, 2.24) is 35.7 Å². The van der Waals surface area contributed by atoms with E-state index in [1.165, 1.54) is 32.1 Å². The van der Waals surface area contributed by atoms with Crippen molar-refractivity contribution in [1.29, 1.82) is 0 Å². The zero-order chi connectivity index (χ0) is 27.1. The molecule has 0 bridgehead atoms. The fourth-order valence-electron chi connectivity index (χ4n) is 5.28. The minimum Gasteiger partial charge on any atom is -0.496 e. The third kappa shape index (κ3) is 6.52. The maximum Gasteiger partial charge on any atom is 0.272 e. The standard InChI is InChI=1S/C28H41N7O3/c1-18(2)19(3)35-23(27-24(37-4)12-9-13-25(27)38-5)17-22(32-35)28(36)29-21(16-26-30-33-34-31-26)15-14-20-10-7-6-8-11-20/h9,12-13,17-21H,6-8,10-11,14-16H2,1-5H3,(H,29,36)(H,30,31,33,34)/t19?,21-/m0/s1. The number of nitrogens with zero attached hydrogens (tertiary/aromatic N) is 5. The van der Waals surface area contributed by atoms with Gasteiger partial charge in [-0.2, -0.15) is 5.10 Å². The van der Waals surface area contributed by atoms with Crippen LogP contribution in [0.25, 0.3) is 11.3 Å². The summed E-state index contributed by atoms with van der Waals surface area (Å²) < 4.78 is 13.3. The maximum absolute atomic E-state index is 13.6. The van der Waals surface area contributed by atoms with Crippen LogP contribution in [0.3, 0.4) is 0 Å². The minimum atomic E-state index is -0.212. The Morgan fingerprint density at radius 2 is 1.84 bits per heavy atom. The molecule has 2 N–H and O–H groups in total. The molecule has 2 heterocycles. The number of nitrogens with one attached hydrogen (secondary N) is 2. The zero-order valence-electron chi connectivity index (χ0n) is 23.2. The molecule has 3 aromatic rings. The van der Waals surface area contributed by atoms with Gasteiger partial charge in [-0.1, -0.05) is 52.0 Å². The van der Waals surface area contributed by atoms with Crippen LogP contribution in [-0.4, -0.2) is 56.6 Å². The maximum atomic E-state index is 13.6. The summed E-state index contributed by atoms with van der Waals surface area (Å²) in [5.41, 5.74) is 1.92. The van der Waals surface area contributed by atoms with Crippen molar-refractivity contribution >= 4 is 5.91 Å². The number of hydrogen-bond acceptors (Lipinski definition) is 7. The van der Waals surface area contributed by atoms with Crippen molar-refractivity contribution in [3.05, 3.63) is 35.8 Å². The van der Waals surface area contributed by atoms with Gasteiger partial charge in [0, 0.05) is 12.5 Å². The summed E-state index contributed by atoms with van der Waals surface area (Å²) in [6.07, 6.45) is 8.96. The van der Waals surface area contributed by atoms with E-state index in [4.69, 9.17) is 14.6 Å². The molecular weight excluding hydrogens is 482 g/mol. The van der Waals surface area contributed by atoms with Gasteiger partial charge < -0.3 is 14.8 Å². The van der Waals surface area contributed by atoms with Crippen molar-refractivity contribution in [3.8, 4) is 22.8 Å².